The van der Waals surface area contributed by atoms with Crippen LogP contribution < -0.4 is 0 Å². The molecule has 1 amide bonds. The fraction of sp³-hybridized carbons (Fsp3) is 0.615. The van der Waals surface area contributed by atoms with Crippen molar-refractivity contribution in [3.05, 3.63) is 23.0 Å². The molecule has 6 heteroatoms. The van der Waals surface area contributed by atoms with Crippen LogP contribution in [-0.4, -0.2) is 46.8 Å². The number of nitrogens with zero attached hydrogens (tertiary/aromatic N) is 3. The number of rotatable bonds is 4. The van der Waals surface area contributed by atoms with Gasteiger partial charge in [0.05, 0.1) is 6.61 Å². The first-order valence-electron chi connectivity index (χ1n) is 6.62. The van der Waals surface area contributed by atoms with Crippen molar-refractivity contribution in [1.29, 1.82) is 0 Å². The first-order chi connectivity index (χ1) is 9.24. The average Bonchev–Trinajstić information content (AvgIpc) is 3.13. The maximum absolute atomic E-state index is 12.5. The van der Waals surface area contributed by atoms with Crippen LogP contribution in [0.4, 0.5) is 0 Å². The van der Waals surface area contributed by atoms with Gasteiger partial charge in [0.1, 0.15) is 0 Å². The fourth-order valence-corrected chi connectivity index (χ4v) is 2.47. The van der Waals surface area contributed by atoms with Crippen molar-refractivity contribution >= 4 is 17.5 Å². The molecule has 1 aliphatic carbocycles. The predicted octanol–water partition coefficient (Wildman–Crippen LogP) is 1.77. The van der Waals surface area contributed by atoms with Crippen molar-refractivity contribution in [2.24, 2.45) is 5.92 Å². The molecule has 19 heavy (non-hydrogen) atoms. The second-order valence-electron chi connectivity index (χ2n) is 5.16. The lowest BCUT2D eigenvalue weighted by molar-refractivity contribution is 0.0699. The molecule has 0 bridgehead atoms. The normalized spacial score (nSPS) is 22.5. The monoisotopic (exact) mass is 281 g/mol. The van der Waals surface area contributed by atoms with Crippen LogP contribution in [0.2, 0.25) is 5.15 Å². The van der Waals surface area contributed by atoms with Crippen LogP contribution in [0.25, 0.3) is 0 Å². The van der Waals surface area contributed by atoms with Crippen molar-refractivity contribution < 1.29 is 9.53 Å². The smallest absolute Gasteiger partial charge is 0.274 e. The summed E-state index contributed by atoms with van der Waals surface area (Å²) in [6.07, 6.45) is 3.20. The molecule has 0 spiro atoms. The summed E-state index contributed by atoms with van der Waals surface area (Å²) in [5, 5.41) is 7.92. The number of carbonyl (C=O) groups excluding carboxylic acids is 1. The van der Waals surface area contributed by atoms with Crippen molar-refractivity contribution in [2.45, 2.75) is 25.3 Å². The Morgan fingerprint density at radius 1 is 1.37 bits per heavy atom. The molecule has 0 radical (unpaired) electrons. The molecule has 1 aromatic heterocycles. The number of halogens is 1. The van der Waals surface area contributed by atoms with Crippen molar-refractivity contribution in [3.63, 3.8) is 0 Å². The van der Waals surface area contributed by atoms with E-state index in [4.69, 9.17) is 16.3 Å². The molecule has 5 nitrogen and oxygen atoms in total. The minimum absolute atomic E-state index is 0.0430. The van der Waals surface area contributed by atoms with Crippen LogP contribution in [0.1, 0.15) is 29.8 Å². The Bertz CT molecular complexity index is 455. The van der Waals surface area contributed by atoms with Gasteiger partial charge in [-0.1, -0.05) is 11.6 Å². The third-order valence-electron chi connectivity index (χ3n) is 3.58. The minimum Gasteiger partial charge on any atom is -0.381 e. The summed E-state index contributed by atoms with van der Waals surface area (Å²) in [6, 6.07) is 3.61. The van der Waals surface area contributed by atoms with Crippen LogP contribution in [0.5, 0.6) is 0 Å². The molecule has 1 saturated heterocycles. The minimum atomic E-state index is -0.0430. The van der Waals surface area contributed by atoms with E-state index in [1.54, 1.807) is 12.1 Å². The van der Waals surface area contributed by atoms with E-state index in [-0.39, 0.29) is 5.91 Å². The topological polar surface area (TPSA) is 55.3 Å². The van der Waals surface area contributed by atoms with Gasteiger partial charge in [0.2, 0.25) is 0 Å². The molecule has 1 unspecified atom stereocenters. The number of hydrogen-bond acceptors (Lipinski definition) is 4. The molecule has 1 aliphatic heterocycles. The number of aromatic nitrogens is 2. The quantitative estimate of drug-likeness (QED) is 0.844. The third-order valence-corrected chi connectivity index (χ3v) is 3.78. The van der Waals surface area contributed by atoms with Gasteiger partial charge < -0.3 is 9.64 Å². The molecule has 2 aliphatic rings. The lowest BCUT2D eigenvalue weighted by atomic mass is 10.1. The summed E-state index contributed by atoms with van der Waals surface area (Å²) < 4.78 is 5.38. The van der Waals surface area contributed by atoms with Gasteiger partial charge in [-0.25, -0.2) is 0 Å². The molecule has 0 N–H and O–H groups in total. The zero-order valence-electron chi connectivity index (χ0n) is 10.6. The Morgan fingerprint density at radius 2 is 2.21 bits per heavy atom. The van der Waals surface area contributed by atoms with Crippen LogP contribution in [0.3, 0.4) is 0 Å². The highest BCUT2D eigenvalue weighted by Gasteiger charge is 2.35. The Hall–Kier alpha value is -1.20. The molecule has 2 fully saturated rings. The van der Waals surface area contributed by atoms with E-state index >= 15 is 0 Å². The summed E-state index contributed by atoms with van der Waals surface area (Å²) in [7, 11) is 0. The zero-order chi connectivity index (χ0) is 13.2. The van der Waals surface area contributed by atoms with Gasteiger partial charge in [-0.2, -0.15) is 0 Å². The highest BCUT2D eigenvalue weighted by Crippen LogP contribution is 2.30. The first kappa shape index (κ1) is 12.8. The molecule has 2 heterocycles. The Kier molecular flexibility index (Phi) is 3.66. The van der Waals surface area contributed by atoms with Gasteiger partial charge in [0, 0.05) is 25.1 Å². The van der Waals surface area contributed by atoms with Gasteiger partial charge in [0.25, 0.3) is 5.91 Å². The average molecular weight is 282 g/mol. The van der Waals surface area contributed by atoms with Gasteiger partial charge in [0.15, 0.2) is 10.8 Å². The summed E-state index contributed by atoms with van der Waals surface area (Å²) in [4.78, 5) is 14.4. The summed E-state index contributed by atoms with van der Waals surface area (Å²) in [5.74, 6) is 0.406. The lowest BCUT2D eigenvalue weighted by Gasteiger charge is -2.24. The van der Waals surface area contributed by atoms with Crippen LogP contribution in [-0.2, 0) is 4.74 Å². The number of amides is 1. The van der Waals surface area contributed by atoms with Gasteiger partial charge in [-0.05, 0) is 31.4 Å². The van der Waals surface area contributed by atoms with E-state index < -0.39 is 0 Å². The highest BCUT2D eigenvalue weighted by atomic mass is 35.5. The third kappa shape index (κ3) is 3.04. The SMILES string of the molecule is O=C(c1ccc(Cl)nn1)N(CC1CCOC1)C1CC1. The Labute approximate surface area is 116 Å². The number of ether oxygens (including phenoxy) is 1. The molecular weight excluding hydrogens is 266 g/mol. The lowest BCUT2D eigenvalue weighted by Crippen LogP contribution is -2.38. The Balaban J connectivity index is 1.71. The predicted molar refractivity (Wildman–Crippen MR) is 70.0 cm³/mol. The summed E-state index contributed by atoms with van der Waals surface area (Å²) >= 11 is 5.69. The van der Waals surface area contributed by atoms with Gasteiger partial charge >= 0.3 is 0 Å². The summed E-state index contributed by atoms with van der Waals surface area (Å²) in [6.45, 7) is 2.31. The Morgan fingerprint density at radius 3 is 2.79 bits per heavy atom. The second kappa shape index (κ2) is 5.43. The highest BCUT2D eigenvalue weighted by molar-refractivity contribution is 6.29. The molecular formula is C13H16ClN3O2. The van der Waals surface area contributed by atoms with Gasteiger partial charge in [-0.3, -0.25) is 4.79 Å². The van der Waals surface area contributed by atoms with E-state index in [1.807, 2.05) is 4.90 Å². The van der Waals surface area contributed by atoms with E-state index in [1.165, 1.54) is 0 Å². The van der Waals surface area contributed by atoms with Crippen molar-refractivity contribution in [2.75, 3.05) is 19.8 Å². The first-order valence-corrected chi connectivity index (χ1v) is 7.00. The van der Waals surface area contributed by atoms with E-state index in [9.17, 15) is 4.79 Å². The van der Waals surface area contributed by atoms with Gasteiger partial charge in [-0.15, -0.1) is 10.2 Å². The zero-order valence-corrected chi connectivity index (χ0v) is 11.3. The number of hydrogen-bond donors (Lipinski definition) is 0. The number of carbonyl (C=O) groups is 1. The van der Waals surface area contributed by atoms with Crippen molar-refractivity contribution in [1.82, 2.24) is 15.1 Å². The van der Waals surface area contributed by atoms with Crippen LogP contribution in [0, 0.1) is 5.92 Å². The molecule has 3 rings (SSSR count). The van der Waals surface area contributed by atoms with Crippen LogP contribution >= 0.6 is 11.6 Å². The molecule has 1 aromatic rings. The molecule has 102 valence electrons. The van der Waals surface area contributed by atoms with E-state index in [2.05, 4.69) is 10.2 Å². The maximum atomic E-state index is 12.5. The standard InChI is InChI=1S/C13H16ClN3O2/c14-12-4-3-11(15-16-12)13(18)17(10-1-2-10)7-9-5-6-19-8-9/h3-4,9-10H,1-2,5-8H2. The van der Waals surface area contributed by atoms with E-state index in [0.29, 0.717) is 22.8 Å². The molecule has 1 saturated carbocycles. The fourth-order valence-electron chi connectivity index (χ4n) is 2.37. The molecule has 0 aromatic carbocycles. The largest absolute Gasteiger partial charge is 0.381 e. The maximum Gasteiger partial charge on any atom is 0.274 e. The van der Waals surface area contributed by atoms with Crippen molar-refractivity contribution in [3.8, 4) is 0 Å². The van der Waals surface area contributed by atoms with Crippen LogP contribution in [0.15, 0.2) is 12.1 Å². The summed E-state index contributed by atoms with van der Waals surface area (Å²) in [5.41, 5.74) is 0.371. The van der Waals surface area contributed by atoms with E-state index in [0.717, 1.165) is 39.0 Å². The molecule has 1 atom stereocenters. The second-order valence-corrected chi connectivity index (χ2v) is 5.55.